The predicted molar refractivity (Wildman–Crippen MR) is 49.8 cm³/mol. The van der Waals surface area contributed by atoms with Gasteiger partial charge in [-0.15, -0.1) is 0 Å². The lowest BCUT2D eigenvalue weighted by Gasteiger charge is -2.03. The maximum atomic E-state index is 11.5. The van der Waals surface area contributed by atoms with Crippen LogP contribution < -0.4 is 0 Å². The van der Waals surface area contributed by atoms with Gasteiger partial charge in [-0.2, -0.15) is 0 Å². The van der Waals surface area contributed by atoms with Crippen molar-refractivity contribution in [3.8, 4) is 0 Å². The summed E-state index contributed by atoms with van der Waals surface area (Å²) in [6.07, 6.45) is 3.30. The molecule has 70 valence electrons. The first kappa shape index (κ1) is 9.86. The van der Waals surface area contributed by atoms with E-state index in [-0.39, 0.29) is 12.4 Å². The summed E-state index contributed by atoms with van der Waals surface area (Å²) >= 11 is 0. The summed E-state index contributed by atoms with van der Waals surface area (Å²) in [5.41, 5.74) is 1.59. The monoisotopic (exact) mass is 179 g/mol. The highest BCUT2D eigenvalue weighted by Crippen LogP contribution is 2.05. The van der Waals surface area contributed by atoms with E-state index in [0.29, 0.717) is 12.2 Å². The van der Waals surface area contributed by atoms with Crippen LogP contribution in [0, 0.1) is 6.92 Å². The fourth-order valence-corrected chi connectivity index (χ4v) is 1.06. The van der Waals surface area contributed by atoms with Crippen molar-refractivity contribution >= 4 is 5.78 Å². The van der Waals surface area contributed by atoms with Gasteiger partial charge >= 0.3 is 0 Å². The van der Waals surface area contributed by atoms with Crippen LogP contribution in [0.1, 0.15) is 22.8 Å². The highest BCUT2D eigenvalue weighted by atomic mass is 16.5. The molecule has 0 aliphatic carbocycles. The molecule has 0 saturated carbocycles. The number of carbonyl (C=O) groups is 1. The molecule has 0 amide bonds. The van der Waals surface area contributed by atoms with E-state index in [1.165, 1.54) is 0 Å². The van der Waals surface area contributed by atoms with Crippen molar-refractivity contribution < 1.29 is 9.53 Å². The molecule has 1 aromatic heterocycles. The minimum absolute atomic E-state index is 0.0155. The molecule has 0 unspecified atom stereocenters. The molecule has 1 rings (SSSR count). The van der Waals surface area contributed by atoms with E-state index < -0.39 is 0 Å². The molecule has 0 aliphatic heterocycles. The van der Waals surface area contributed by atoms with Crippen molar-refractivity contribution in [1.29, 1.82) is 0 Å². The van der Waals surface area contributed by atoms with Gasteiger partial charge in [0, 0.05) is 24.6 Å². The summed E-state index contributed by atoms with van der Waals surface area (Å²) in [5.74, 6) is 0.0155. The Labute approximate surface area is 77.8 Å². The number of Topliss-reactive ketones (excluding diaryl/α,β-unsaturated/α-hetero) is 1. The zero-order chi connectivity index (χ0) is 9.68. The summed E-state index contributed by atoms with van der Waals surface area (Å²) in [7, 11) is 0. The van der Waals surface area contributed by atoms with E-state index in [4.69, 9.17) is 4.74 Å². The molecule has 0 aliphatic rings. The Hall–Kier alpha value is -1.22. The molecule has 0 saturated heterocycles. The van der Waals surface area contributed by atoms with Gasteiger partial charge in [0.2, 0.25) is 0 Å². The molecular weight excluding hydrogens is 166 g/mol. The SMILES string of the molecule is CCOCC(=O)c1ccncc1C. The summed E-state index contributed by atoms with van der Waals surface area (Å²) in [4.78, 5) is 15.4. The van der Waals surface area contributed by atoms with Crippen molar-refractivity contribution in [3.05, 3.63) is 29.6 Å². The zero-order valence-corrected chi connectivity index (χ0v) is 7.91. The largest absolute Gasteiger partial charge is 0.374 e. The smallest absolute Gasteiger partial charge is 0.188 e. The molecule has 13 heavy (non-hydrogen) atoms. The van der Waals surface area contributed by atoms with Gasteiger partial charge in [0.05, 0.1) is 0 Å². The summed E-state index contributed by atoms with van der Waals surface area (Å²) < 4.78 is 5.03. The number of carbonyl (C=O) groups excluding carboxylic acids is 1. The minimum Gasteiger partial charge on any atom is -0.374 e. The molecule has 3 nitrogen and oxygen atoms in total. The van der Waals surface area contributed by atoms with Gasteiger partial charge in [0.25, 0.3) is 0 Å². The van der Waals surface area contributed by atoms with Gasteiger partial charge in [-0.25, -0.2) is 0 Å². The molecule has 0 spiro atoms. The third-order valence-electron chi connectivity index (χ3n) is 1.76. The number of aryl methyl sites for hydroxylation is 1. The summed E-state index contributed by atoms with van der Waals surface area (Å²) in [5, 5.41) is 0. The first-order valence-corrected chi connectivity index (χ1v) is 4.27. The zero-order valence-electron chi connectivity index (χ0n) is 7.91. The van der Waals surface area contributed by atoms with Crippen LogP contribution >= 0.6 is 0 Å². The Morgan fingerprint density at radius 3 is 3.00 bits per heavy atom. The lowest BCUT2D eigenvalue weighted by Crippen LogP contribution is -2.10. The second-order valence-electron chi connectivity index (χ2n) is 2.75. The molecule has 0 N–H and O–H groups in total. The molecule has 0 aromatic carbocycles. The maximum absolute atomic E-state index is 11.5. The van der Waals surface area contributed by atoms with Gasteiger partial charge in [0.15, 0.2) is 5.78 Å². The van der Waals surface area contributed by atoms with Crippen LogP contribution in [0.2, 0.25) is 0 Å². The van der Waals surface area contributed by atoms with Crippen LogP contribution in [0.15, 0.2) is 18.5 Å². The van der Waals surface area contributed by atoms with Crippen LogP contribution in [0.5, 0.6) is 0 Å². The number of pyridine rings is 1. The number of ketones is 1. The Bertz CT molecular complexity index is 297. The Kier molecular flexibility index (Phi) is 3.58. The van der Waals surface area contributed by atoms with E-state index in [9.17, 15) is 4.79 Å². The van der Waals surface area contributed by atoms with Gasteiger partial charge < -0.3 is 4.74 Å². The summed E-state index contributed by atoms with van der Waals surface area (Å²) in [6, 6.07) is 1.72. The van der Waals surface area contributed by atoms with Crippen molar-refractivity contribution in [2.45, 2.75) is 13.8 Å². The van der Waals surface area contributed by atoms with E-state index in [1.807, 2.05) is 13.8 Å². The van der Waals surface area contributed by atoms with Gasteiger partial charge in [-0.05, 0) is 25.5 Å². The van der Waals surface area contributed by atoms with Crippen LogP contribution in [-0.2, 0) is 4.74 Å². The third-order valence-corrected chi connectivity index (χ3v) is 1.76. The molecule has 1 aromatic rings. The quantitative estimate of drug-likeness (QED) is 0.659. The predicted octanol–water partition coefficient (Wildman–Crippen LogP) is 1.61. The van der Waals surface area contributed by atoms with E-state index in [2.05, 4.69) is 4.98 Å². The first-order valence-electron chi connectivity index (χ1n) is 4.27. The number of hydrogen-bond donors (Lipinski definition) is 0. The van der Waals surface area contributed by atoms with Gasteiger partial charge in [-0.3, -0.25) is 9.78 Å². The number of aromatic nitrogens is 1. The highest BCUT2D eigenvalue weighted by molar-refractivity contribution is 5.98. The van der Waals surface area contributed by atoms with Crippen LogP contribution in [0.4, 0.5) is 0 Å². The topological polar surface area (TPSA) is 39.2 Å². The highest BCUT2D eigenvalue weighted by Gasteiger charge is 2.07. The maximum Gasteiger partial charge on any atom is 0.188 e. The fraction of sp³-hybridized carbons (Fsp3) is 0.400. The second kappa shape index (κ2) is 4.72. The first-order chi connectivity index (χ1) is 6.25. The molecule has 1 heterocycles. The van der Waals surface area contributed by atoms with Crippen molar-refractivity contribution in [2.75, 3.05) is 13.2 Å². The lowest BCUT2D eigenvalue weighted by molar-refractivity contribution is 0.0782. The molecule has 0 atom stereocenters. The van der Waals surface area contributed by atoms with Crippen LogP contribution in [0.25, 0.3) is 0 Å². The minimum atomic E-state index is 0.0155. The number of hydrogen-bond acceptors (Lipinski definition) is 3. The van der Waals surface area contributed by atoms with Crippen molar-refractivity contribution in [2.24, 2.45) is 0 Å². The van der Waals surface area contributed by atoms with E-state index >= 15 is 0 Å². The van der Waals surface area contributed by atoms with Crippen LogP contribution in [-0.4, -0.2) is 24.0 Å². The second-order valence-corrected chi connectivity index (χ2v) is 2.75. The standard InChI is InChI=1S/C10H13NO2/c1-3-13-7-10(12)9-4-5-11-6-8(9)2/h4-6H,3,7H2,1-2H3. The Balaban J connectivity index is 2.71. The molecule has 0 bridgehead atoms. The van der Waals surface area contributed by atoms with Gasteiger partial charge in [0.1, 0.15) is 6.61 Å². The number of nitrogens with zero attached hydrogens (tertiary/aromatic N) is 1. The molecule has 3 heteroatoms. The molecule has 0 radical (unpaired) electrons. The van der Waals surface area contributed by atoms with E-state index in [0.717, 1.165) is 5.56 Å². The van der Waals surface area contributed by atoms with Gasteiger partial charge in [-0.1, -0.05) is 0 Å². The third kappa shape index (κ3) is 2.63. The molecular formula is C10H13NO2. The van der Waals surface area contributed by atoms with Crippen LogP contribution in [0.3, 0.4) is 0 Å². The fourth-order valence-electron chi connectivity index (χ4n) is 1.06. The Morgan fingerprint density at radius 2 is 2.38 bits per heavy atom. The normalized spacial score (nSPS) is 10.0. The average Bonchev–Trinajstić information content (AvgIpc) is 2.15. The average molecular weight is 179 g/mol. The number of ether oxygens (including phenoxy) is 1. The number of rotatable bonds is 4. The van der Waals surface area contributed by atoms with E-state index in [1.54, 1.807) is 18.5 Å². The lowest BCUT2D eigenvalue weighted by atomic mass is 10.1. The molecule has 0 fully saturated rings. The van der Waals surface area contributed by atoms with Crippen molar-refractivity contribution in [1.82, 2.24) is 4.98 Å². The summed E-state index contributed by atoms with van der Waals surface area (Å²) in [6.45, 7) is 4.45. The van der Waals surface area contributed by atoms with Crippen molar-refractivity contribution in [3.63, 3.8) is 0 Å². The Morgan fingerprint density at radius 1 is 1.62 bits per heavy atom.